The summed E-state index contributed by atoms with van der Waals surface area (Å²) in [6.45, 7) is 4.20. The molecule has 0 bridgehead atoms. The third kappa shape index (κ3) is 4.19. The van der Waals surface area contributed by atoms with E-state index in [-0.39, 0.29) is 11.9 Å². The normalized spacial score (nSPS) is 12.4. The fraction of sp³-hybridized carbons (Fsp3) is 0.583. The Kier molecular flexibility index (Phi) is 4.95. The lowest BCUT2D eigenvalue weighted by Crippen LogP contribution is -2.32. The standard InChI is InChI=1S/C12H19NO2/c1-3-4-5-7-10(2)13-12(14)11-8-6-9-15-11/h6,8-10H,3-5,7H2,1-2H3,(H,13,14). The van der Waals surface area contributed by atoms with E-state index in [9.17, 15) is 4.79 Å². The molecule has 0 saturated heterocycles. The average Bonchev–Trinajstić information content (AvgIpc) is 2.70. The molecule has 1 amide bonds. The summed E-state index contributed by atoms with van der Waals surface area (Å²) in [5, 5.41) is 2.91. The number of amides is 1. The number of unbranched alkanes of at least 4 members (excludes halogenated alkanes) is 2. The van der Waals surface area contributed by atoms with Crippen molar-refractivity contribution in [3.05, 3.63) is 24.2 Å². The van der Waals surface area contributed by atoms with Gasteiger partial charge in [0.25, 0.3) is 5.91 Å². The van der Waals surface area contributed by atoms with Crippen LogP contribution in [0.1, 0.15) is 50.1 Å². The molecule has 0 saturated carbocycles. The molecule has 0 aliphatic rings. The van der Waals surface area contributed by atoms with Crippen LogP contribution in [0, 0.1) is 0 Å². The largest absolute Gasteiger partial charge is 0.459 e. The second kappa shape index (κ2) is 6.27. The quantitative estimate of drug-likeness (QED) is 0.732. The Morgan fingerprint density at radius 2 is 2.33 bits per heavy atom. The van der Waals surface area contributed by atoms with E-state index in [1.807, 2.05) is 6.92 Å². The molecule has 0 fully saturated rings. The van der Waals surface area contributed by atoms with Crippen molar-refractivity contribution in [2.24, 2.45) is 0 Å². The van der Waals surface area contributed by atoms with Crippen molar-refractivity contribution >= 4 is 5.91 Å². The Labute approximate surface area is 90.9 Å². The molecular weight excluding hydrogens is 190 g/mol. The minimum Gasteiger partial charge on any atom is -0.459 e. The molecular formula is C12H19NO2. The molecule has 3 heteroatoms. The fourth-order valence-electron chi connectivity index (χ4n) is 1.48. The predicted molar refractivity (Wildman–Crippen MR) is 59.8 cm³/mol. The molecule has 1 N–H and O–H groups in total. The van der Waals surface area contributed by atoms with Crippen LogP contribution in [0.4, 0.5) is 0 Å². The summed E-state index contributed by atoms with van der Waals surface area (Å²) in [5.74, 6) is 0.265. The van der Waals surface area contributed by atoms with Crippen LogP contribution in [0.25, 0.3) is 0 Å². The van der Waals surface area contributed by atoms with Gasteiger partial charge in [-0.25, -0.2) is 0 Å². The van der Waals surface area contributed by atoms with E-state index in [0.29, 0.717) is 5.76 Å². The second-order valence-electron chi connectivity index (χ2n) is 3.85. The SMILES string of the molecule is CCCCCC(C)NC(=O)c1ccco1. The molecule has 3 nitrogen and oxygen atoms in total. The van der Waals surface area contributed by atoms with E-state index >= 15 is 0 Å². The number of rotatable bonds is 6. The van der Waals surface area contributed by atoms with Crippen LogP contribution in [0.15, 0.2) is 22.8 Å². The van der Waals surface area contributed by atoms with E-state index < -0.39 is 0 Å². The maximum absolute atomic E-state index is 11.5. The van der Waals surface area contributed by atoms with Gasteiger partial charge >= 0.3 is 0 Å². The third-order valence-corrected chi connectivity index (χ3v) is 2.36. The Hall–Kier alpha value is -1.25. The van der Waals surface area contributed by atoms with Crippen molar-refractivity contribution in [1.29, 1.82) is 0 Å². The summed E-state index contributed by atoms with van der Waals surface area (Å²) in [4.78, 5) is 11.5. The van der Waals surface area contributed by atoms with Gasteiger partial charge in [0, 0.05) is 6.04 Å². The lowest BCUT2D eigenvalue weighted by molar-refractivity contribution is 0.0910. The number of hydrogen-bond donors (Lipinski definition) is 1. The van der Waals surface area contributed by atoms with Gasteiger partial charge in [0.2, 0.25) is 0 Å². The molecule has 0 radical (unpaired) electrons. The van der Waals surface area contributed by atoms with Crippen LogP contribution < -0.4 is 5.32 Å². The van der Waals surface area contributed by atoms with Gasteiger partial charge in [-0.3, -0.25) is 4.79 Å². The van der Waals surface area contributed by atoms with E-state index in [1.54, 1.807) is 12.1 Å². The van der Waals surface area contributed by atoms with Gasteiger partial charge in [0.05, 0.1) is 6.26 Å². The molecule has 1 atom stereocenters. The number of furan rings is 1. The first-order valence-corrected chi connectivity index (χ1v) is 5.58. The summed E-state index contributed by atoms with van der Waals surface area (Å²) in [5.41, 5.74) is 0. The maximum atomic E-state index is 11.5. The van der Waals surface area contributed by atoms with Crippen LogP contribution >= 0.6 is 0 Å². The minimum absolute atomic E-state index is 0.121. The van der Waals surface area contributed by atoms with E-state index in [1.165, 1.54) is 19.1 Å². The van der Waals surface area contributed by atoms with Crippen LogP contribution in [-0.2, 0) is 0 Å². The zero-order valence-corrected chi connectivity index (χ0v) is 9.45. The van der Waals surface area contributed by atoms with Crippen LogP contribution in [0.5, 0.6) is 0 Å². The summed E-state index contributed by atoms with van der Waals surface area (Å²) >= 11 is 0. The zero-order valence-electron chi connectivity index (χ0n) is 9.45. The van der Waals surface area contributed by atoms with E-state index in [2.05, 4.69) is 12.2 Å². The van der Waals surface area contributed by atoms with Crippen LogP contribution in [0.2, 0.25) is 0 Å². The lowest BCUT2D eigenvalue weighted by Gasteiger charge is -2.12. The second-order valence-corrected chi connectivity index (χ2v) is 3.85. The summed E-state index contributed by atoms with van der Waals surface area (Å²) in [6.07, 6.45) is 6.13. The van der Waals surface area contributed by atoms with Crippen molar-refractivity contribution in [3.63, 3.8) is 0 Å². The van der Waals surface area contributed by atoms with Gasteiger partial charge in [-0.05, 0) is 25.5 Å². The first kappa shape index (κ1) is 11.8. The molecule has 84 valence electrons. The topological polar surface area (TPSA) is 42.2 Å². The lowest BCUT2D eigenvalue weighted by atomic mass is 10.1. The molecule has 0 spiro atoms. The highest BCUT2D eigenvalue weighted by Crippen LogP contribution is 2.05. The Balaban J connectivity index is 2.26. The van der Waals surface area contributed by atoms with E-state index in [4.69, 9.17) is 4.42 Å². The van der Waals surface area contributed by atoms with Crippen LogP contribution in [0.3, 0.4) is 0 Å². The molecule has 1 unspecified atom stereocenters. The molecule has 1 aromatic heterocycles. The van der Waals surface area contributed by atoms with E-state index in [0.717, 1.165) is 12.8 Å². The molecule has 0 aliphatic heterocycles. The molecule has 15 heavy (non-hydrogen) atoms. The molecule has 0 aliphatic carbocycles. The van der Waals surface area contributed by atoms with Gasteiger partial charge in [-0.2, -0.15) is 0 Å². The van der Waals surface area contributed by atoms with Crippen molar-refractivity contribution in [2.75, 3.05) is 0 Å². The van der Waals surface area contributed by atoms with Gasteiger partial charge < -0.3 is 9.73 Å². The summed E-state index contributed by atoms with van der Waals surface area (Å²) < 4.78 is 5.01. The summed E-state index contributed by atoms with van der Waals surface area (Å²) in [7, 11) is 0. The highest BCUT2D eigenvalue weighted by molar-refractivity contribution is 5.91. The molecule has 0 aromatic carbocycles. The minimum atomic E-state index is -0.121. The smallest absolute Gasteiger partial charge is 0.287 e. The summed E-state index contributed by atoms with van der Waals surface area (Å²) in [6, 6.07) is 3.61. The third-order valence-electron chi connectivity index (χ3n) is 2.36. The fourth-order valence-corrected chi connectivity index (χ4v) is 1.48. The van der Waals surface area contributed by atoms with Gasteiger partial charge in [0.1, 0.15) is 0 Å². The van der Waals surface area contributed by atoms with Gasteiger partial charge in [0.15, 0.2) is 5.76 Å². The van der Waals surface area contributed by atoms with Crippen molar-refractivity contribution in [1.82, 2.24) is 5.32 Å². The predicted octanol–water partition coefficient (Wildman–Crippen LogP) is 2.98. The average molecular weight is 209 g/mol. The zero-order chi connectivity index (χ0) is 11.1. The Morgan fingerprint density at radius 1 is 1.53 bits per heavy atom. The molecule has 1 heterocycles. The van der Waals surface area contributed by atoms with Crippen molar-refractivity contribution in [3.8, 4) is 0 Å². The monoisotopic (exact) mass is 209 g/mol. The van der Waals surface area contributed by atoms with Crippen LogP contribution in [-0.4, -0.2) is 11.9 Å². The highest BCUT2D eigenvalue weighted by atomic mass is 16.3. The number of carbonyl (C=O) groups is 1. The van der Waals surface area contributed by atoms with Gasteiger partial charge in [-0.15, -0.1) is 0 Å². The van der Waals surface area contributed by atoms with Crippen molar-refractivity contribution < 1.29 is 9.21 Å². The first-order valence-electron chi connectivity index (χ1n) is 5.58. The molecule has 1 rings (SSSR count). The Morgan fingerprint density at radius 3 is 2.93 bits per heavy atom. The number of carbonyl (C=O) groups excluding carboxylic acids is 1. The van der Waals surface area contributed by atoms with Crippen molar-refractivity contribution in [2.45, 2.75) is 45.6 Å². The number of nitrogens with one attached hydrogen (secondary N) is 1. The maximum Gasteiger partial charge on any atom is 0.287 e. The Bertz CT molecular complexity index is 280. The highest BCUT2D eigenvalue weighted by Gasteiger charge is 2.11. The first-order chi connectivity index (χ1) is 7.24. The van der Waals surface area contributed by atoms with Gasteiger partial charge in [-0.1, -0.05) is 26.2 Å². The number of hydrogen-bond acceptors (Lipinski definition) is 2. The molecule has 1 aromatic rings.